The van der Waals surface area contributed by atoms with Gasteiger partial charge in [-0.1, -0.05) is 48.5 Å². The predicted octanol–water partition coefficient (Wildman–Crippen LogP) is 5.28. The molecule has 170 valence electrons. The van der Waals surface area contributed by atoms with E-state index in [1.54, 1.807) is 48.5 Å². The number of rotatable bonds is 7. The number of carbonyl (C=O) groups is 2. The molecule has 0 atom stereocenters. The molecule has 34 heavy (non-hydrogen) atoms. The Bertz CT molecular complexity index is 1370. The van der Waals surface area contributed by atoms with Crippen molar-refractivity contribution in [2.75, 3.05) is 5.32 Å². The molecule has 0 aromatic heterocycles. The SMILES string of the molecule is CC(=O)Nc1ccc(C(=O)N/N=C\c2c(OCc3ccccc3F)ccc3ccccc23)cc1. The number of hydrogen-bond donors (Lipinski definition) is 2. The van der Waals surface area contributed by atoms with E-state index in [0.717, 1.165) is 10.8 Å². The molecule has 4 aromatic rings. The normalized spacial score (nSPS) is 10.9. The lowest BCUT2D eigenvalue weighted by Gasteiger charge is -2.12. The van der Waals surface area contributed by atoms with E-state index in [0.29, 0.717) is 28.1 Å². The van der Waals surface area contributed by atoms with Crippen LogP contribution in [0.5, 0.6) is 5.75 Å². The lowest BCUT2D eigenvalue weighted by Crippen LogP contribution is -2.17. The molecule has 2 amide bonds. The van der Waals surface area contributed by atoms with Gasteiger partial charge in [-0.05, 0) is 47.2 Å². The van der Waals surface area contributed by atoms with E-state index in [1.165, 1.54) is 19.2 Å². The number of hydrazone groups is 1. The summed E-state index contributed by atoms with van der Waals surface area (Å²) in [5.74, 6) is -0.417. The minimum absolute atomic E-state index is 0.0544. The summed E-state index contributed by atoms with van der Waals surface area (Å²) in [5, 5.41) is 8.63. The second-order valence-corrected chi connectivity index (χ2v) is 7.54. The molecular weight excluding hydrogens is 433 g/mol. The summed E-state index contributed by atoms with van der Waals surface area (Å²) in [6.07, 6.45) is 1.52. The Morgan fingerprint density at radius 2 is 1.68 bits per heavy atom. The molecule has 0 aliphatic carbocycles. The third kappa shape index (κ3) is 5.45. The predicted molar refractivity (Wildman–Crippen MR) is 130 cm³/mol. The van der Waals surface area contributed by atoms with Gasteiger partial charge in [0, 0.05) is 29.3 Å². The van der Waals surface area contributed by atoms with E-state index in [4.69, 9.17) is 4.74 Å². The number of nitrogens with zero attached hydrogens (tertiary/aromatic N) is 1. The summed E-state index contributed by atoms with van der Waals surface area (Å²) >= 11 is 0. The van der Waals surface area contributed by atoms with Crippen molar-refractivity contribution in [2.24, 2.45) is 5.10 Å². The number of anilines is 1. The maximum Gasteiger partial charge on any atom is 0.271 e. The summed E-state index contributed by atoms with van der Waals surface area (Å²) in [7, 11) is 0. The van der Waals surface area contributed by atoms with Crippen LogP contribution in [-0.4, -0.2) is 18.0 Å². The van der Waals surface area contributed by atoms with Gasteiger partial charge in [-0.3, -0.25) is 9.59 Å². The number of amides is 2. The minimum Gasteiger partial charge on any atom is -0.488 e. The molecule has 7 heteroatoms. The summed E-state index contributed by atoms with van der Waals surface area (Å²) in [4.78, 5) is 23.6. The van der Waals surface area contributed by atoms with Gasteiger partial charge in [0.2, 0.25) is 5.91 Å². The van der Waals surface area contributed by atoms with Gasteiger partial charge >= 0.3 is 0 Å². The van der Waals surface area contributed by atoms with E-state index in [9.17, 15) is 14.0 Å². The number of benzene rings is 4. The van der Waals surface area contributed by atoms with Crippen LogP contribution in [0.4, 0.5) is 10.1 Å². The minimum atomic E-state index is -0.403. The van der Waals surface area contributed by atoms with E-state index in [1.807, 2.05) is 30.3 Å². The maximum atomic E-state index is 14.0. The molecule has 4 rings (SSSR count). The van der Waals surface area contributed by atoms with Gasteiger partial charge in [0.1, 0.15) is 18.2 Å². The highest BCUT2D eigenvalue weighted by molar-refractivity contribution is 6.03. The lowest BCUT2D eigenvalue weighted by molar-refractivity contribution is -0.114. The van der Waals surface area contributed by atoms with Gasteiger partial charge in [0.25, 0.3) is 5.91 Å². The fourth-order valence-corrected chi connectivity index (χ4v) is 3.43. The molecule has 0 heterocycles. The molecule has 0 radical (unpaired) electrons. The van der Waals surface area contributed by atoms with Crippen LogP contribution in [0.15, 0.2) is 90.0 Å². The highest BCUT2D eigenvalue weighted by Gasteiger charge is 2.10. The fraction of sp³-hybridized carbons (Fsp3) is 0.0741. The van der Waals surface area contributed by atoms with Crippen LogP contribution in [0.1, 0.15) is 28.4 Å². The number of carbonyl (C=O) groups excluding carboxylic acids is 2. The first-order valence-electron chi connectivity index (χ1n) is 10.6. The average Bonchev–Trinajstić information content (AvgIpc) is 2.84. The third-order valence-corrected chi connectivity index (χ3v) is 5.10. The van der Waals surface area contributed by atoms with Crippen molar-refractivity contribution in [3.05, 3.63) is 107 Å². The molecule has 0 aliphatic rings. The fourth-order valence-electron chi connectivity index (χ4n) is 3.43. The highest BCUT2D eigenvalue weighted by atomic mass is 19.1. The Morgan fingerprint density at radius 3 is 2.44 bits per heavy atom. The van der Waals surface area contributed by atoms with Gasteiger partial charge in [-0.15, -0.1) is 0 Å². The number of halogens is 1. The summed E-state index contributed by atoms with van der Waals surface area (Å²) in [5.41, 5.74) is 4.60. The van der Waals surface area contributed by atoms with Gasteiger partial charge in [-0.2, -0.15) is 5.10 Å². The van der Waals surface area contributed by atoms with Crippen molar-refractivity contribution < 1.29 is 18.7 Å². The molecule has 0 saturated carbocycles. The molecule has 2 N–H and O–H groups in total. The molecule has 6 nitrogen and oxygen atoms in total. The first kappa shape index (κ1) is 22.7. The number of fused-ring (bicyclic) bond motifs is 1. The van der Waals surface area contributed by atoms with Crippen molar-refractivity contribution in [3.63, 3.8) is 0 Å². The second-order valence-electron chi connectivity index (χ2n) is 7.54. The van der Waals surface area contributed by atoms with Crippen LogP contribution in [0, 0.1) is 5.82 Å². The van der Waals surface area contributed by atoms with Crippen LogP contribution < -0.4 is 15.5 Å². The highest BCUT2D eigenvalue weighted by Crippen LogP contribution is 2.27. The van der Waals surface area contributed by atoms with Crippen LogP contribution in [0.3, 0.4) is 0 Å². The van der Waals surface area contributed by atoms with E-state index in [2.05, 4.69) is 15.8 Å². The van der Waals surface area contributed by atoms with E-state index < -0.39 is 5.91 Å². The molecular formula is C27H22FN3O3. The number of nitrogens with one attached hydrogen (secondary N) is 2. The largest absolute Gasteiger partial charge is 0.488 e. The zero-order valence-electron chi connectivity index (χ0n) is 18.4. The zero-order valence-corrected chi connectivity index (χ0v) is 18.4. The van der Waals surface area contributed by atoms with Crippen LogP contribution in [-0.2, 0) is 11.4 Å². The zero-order chi connectivity index (χ0) is 23.9. The molecule has 4 aromatic carbocycles. The van der Waals surface area contributed by atoms with Crippen molar-refractivity contribution in [3.8, 4) is 5.75 Å². The monoisotopic (exact) mass is 455 g/mol. The first-order chi connectivity index (χ1) is 16.5. The summed E-state index contributed by atoms with van der Waals surface area (Å²) in [6.45, 7) is 1.47. The van der Waals surface area contributed by atoms with Crippen molar-refractivity contribution >= 4 is 34.5 Å². The Labute approximate surface area is 196 Å². The second kappa shape index (κ2) is 10.4. The first-order valence-corrected chi connectivity index (χ1v) is 10.6. The summed E-state index contributed by atoms with van der Waals surface area (Å²) < 4.78 is 19.9. The van der Waals surface area contributed by atoms with Crippen molar-refractivity contribution in [1.29, 1.82) is 0 Å². The molecule has 0 spiro atoms. The van der Waals surface area contributed by atoms with Gasteiger partial charge in [0.15, 0.2) is 0 Å². The molecule has 0 fully saturated rings. The maximum absolute atomic E-state index is 14.0. The van der Waals surface area contributed by atoms with Crippen molar-refractivity contribution in [1.82, 2.24) is 5.43 Å². The van der Waals surface area contributed by atoms with Crippen LogP contribution in [0.2, 0.25) is 0 Å². The van der Waals surface area contributed by atoms with Crippen LogP contribution in [0.25, 0.3) is 10.8 Å². The lowest BCUT2D eigenvalue weighted by atomic mass is 10.0. The Morgan fingerprint density at radius 1 is 0.941 bits per heavy atom. The Kier molecular flexibility index (Phi) is 6.93. The van der Waals surface area contributed by atoms with Gasteiger partial charge in [-0.25, -0.2) is 9.82 Å². The molecule has 0 bridgehead atoms. The molecule has 0 saturated heterocycles. The van der Waals surface area contributed by atoms with Gasteiger partial charge in [0.05, 0.1) is 6.21 Å². The number of hydrogen-bond acceptors (Lipinski definition) is 4. The standard InChI is InChI=1S/C27H22FN3O3/c1-18(32)30-22-13-10-20(11-14-22)27(33)31-29-16-24-23-8-4-2-6-19(23)12-15-26(24)34-17-21-7-3-5-9-25(21)28/h2-16H,17H2,1H3,(H,30,32)(H,31,33)/b29-16-. The summed E-state index contributed by atoms with van der Waals surface area (Å²) in [6, 6.07) is 24.3. The smallest absolute Gasteiger partial charge is 0.271 e. The van der Waals surface area contributed by atoms with E-state index in [-0.39, 0.29) is 18.3 Å². The number of ether oxygens (including phenoxy) is 1. The molecule has 0 unspecified atom stereocenters. The van der Waals surface area contributed by atoms with Gasteiger partial charge < -0.3 is 10.1 Å². The van der Waals surface area contributed by atoms with Crippen molar-refractivity contribution in [2.45, 2.75) is 13.5 Å². The Balaban J connectivity index is 1.53. The average molecular weight is 455 g/mol. The quantitative estimate of drug-likeness (QED) is 0.294. The third-order valence-electron chi connectivity index (χ3n) is 5.10. The molecule has 0 aliphatic heterocycles. The van der Waals surface area contributed by atoms with Crippen LogP contribution >= 0.6 is 0 Å². The van der Waals surface area contributed by atoms with E-state index >= 15 is 0 Å². The Hall–Kier alpha value is -4.52. The topological polar surface area (TPSA) is 79.8 Å².